The molecule has 1 aliphatic rings. The predicted molar refractivity (Wildman–Crippen MR) is 175 cm³/mol. The third-order valence-corrected chi connectivity index (χ3v) is 6.14. The zero-order valence-electron chi connectivity index (χ0n) is 28.1. The highest BCUT2D eigenvalue weighted by Crippen LogP contribution is 2.32. The fourth-order valence-electron chi connectivity index (χ4n) is 4.44. The number of esters is 2. The number of nitrogens with zero attached hydrogens (tertiary/aromatic N) is 4. The summed E-state index contributed by atoms with van der Waals surface area (Å²) in [6.45, 7) is 20.9. The van der Waals surface area contributed by atoms with Crippen molar-refractivity contribution in [2.24, 2.45) is 14.1 Å². The Bertz CT molecular complexity index is 1470. The van der Waals surface area contributed by atoms with Gasteiger partial charge in [-0.3, -0.25) is 9.80 Å². The van der Waals surface area contributed by atoms with Crippen molar-refractivity contribution in [1.82, 2.24) is 9.13 Å². The number of aryl methyl sites for hydroxylation is 2. The van der Waals surface area contributed by atoms with E-state index < -0.39 is 35.3 Å². The van der Waals surface area contributed by atoms with Gasteiger partial charge in [0.2, 0.25) is 0 Å². The molecule has 0 unspecified atom stereocenters. The Balaban J connectivity index is 0.000000314. The average Bonchev–Trinajstić information content (AvgIpc) is 3.44. The molecule has 12 nitrogen and oxygen atoms in total. The zero-order chi connectivity index (χ0) is 34.3. The summed E-state index contributed by atoms with van der Waals surface area (Å²) in [4.78, 5) is 51.8. The van der Waals surface area contributed by atoms with Crippen LogP contribution in [0, 0.1) is 0 Å². The maximum atomic E-state index is 12.5. The first-order chi connectivity index (χ1) is 20.9. The summed E-state index contributed by atoms with van der Waals surface area (Å²) in [7, 11) is 4.76. The van der Waals surface area contributed by atoms with Crippen LogP contribution >= 0.6 is 0 Å². The van der Waals surface area contributed by atoms with Crippen molar-refractivity contribution < 1.29 is 38.1 Å². The zero-order valence-corrected chi connectivity index (χ0v) is 28.1. The van der Waals surface area contributed by atoms with Gasteiger partial charge in [0.25, 0.3) is 0 Å². The Hall–Kier alpha value is -4.74. The maximum absolute atomic E-state index is 12.5. The lowest BCUT2D eigenvalue weighted by atomic mass is 10.1. The molecule has 246 valence electrons. The van der Waals surface area contributed by atoms with E-state index in [1.165, 1.54) is 23.0 Å². The maximum Gasteiger partial charge on any atom is 0.415 e. The third kappa shape index (κ3) is 9.13. The lowest BCUT2D eigenvalue weighted by Crippen LogP contribution is -2.38. The van der Waals surface area contributed by atoms with Gasteiger partial charge in [0.15, 0.2) is 0 Å². The van der Waals surface area contributed by atoms with Crippen LogP contribution < -0.4 is 9.80 Å². The smallest absolute Gasteiger partial charge is 0.415 e. The van der Waals surface area contributed by atoms with Crippen molar-refractivity contribution in [3.05, 3.63) is 60.2 Å². The van der Waals surface area contributed by atoms with Crippen molar-refractivity contribution in [3.8, 4) is 0 Å². The van der Waals surface area contributed by atoms with E-state index in [4.69, 9.17) is 18.9 Å². The van der Waals surface area contributed by atoms with Crippen molar-refractivity contribution in [1.29, 1.82) is 0 Å². The van der Waals surface area contributed by atoms with Gasteiger partial charge in [0, 0.05) is 50.7 Å². The third-order valence-electron chi connectivity index (χ3n) is 6.14. The second-order valence-electron chi connectivity index (χ2n) is 12.1. The molecule has 0 spiro atoms. The summed E-state index contributed by atoms with van der Waals surface area (Å²) < 4.78 is 24.0. The van der Waals surface area contributed by atoms with Crippen LogP contribution in [0.4, 0.5) is 21.0 Å². The summed E-state index contributed by atoms with van der Waals surface area (Å²) in [5, 5.41) is 0. The summed E-state index contributed by atoms with van der Waals surface area (Å²) in [6.07, 6.45) is 9.22. The minimum atomic E-state index is -0.634. The molecule has 12 heteroatoms. The van der Waals surface area contributed by atoms with Gasteiger partial charge in [0.05, 0.1) is 25.1 Å². The number of hydrogen-bond acceptors (Lipinski definition) is 8. The van der Waals surface area contributed by atoms with Gasteiger partial charge in [0.1, 0.15) is 22.6 Å². The molecule has 3 rings (SSSR count). The van der Waals surface area contributed by atoms with E-state index >= 15 is 0 Å². The molecule has 0 N–H and O–H groups in total. The van der Waals surface area contributed by atoms with E-state index in [0.29, 0.717) is 47.0 Å². The molecular formula is C33H46N4O8. The van der Waals surface area contributed by atoms with Gasteiger partial charge in [-0.2, -0.15) is 0 Å². The van der Waals surface area contributed by atoms with E-state index in [1.807, 2.05) is 32.9 Å². The largest absolute Gasteiger partial charge is 0.464 e. The normalized spacial score (nSPS) is 12.3. The number of rotatable bonds is 7. The van der Waals surface area contributed by atoms with Crippen molar-refractivity contribution in [2.45, 2.75) is 59.7 Å². The lowest BCUT2D eigenvalue weighted by Gasteiger charge is -2.28. The molecule has 2 aromatic rings. The topological polar surface area (TPSA) is 122 Å². The fourth-order valence-corrected chi connectivity index (χ4v) is 4.44. The number of ether oxygens (including phenoxy) is 4. The highest BCUT2D eigenvalue weighted by atomic mass is 16.6. The second-order valence-corrected chi connectivity index (χ2v) is 12.1. The van der Waals surface area contributed by atoms with Gasteiger partial charge in [-0.05, 0) is 48.5 Å². The minimum absolute atomic E-state index is 0.236. The van der Waals surface area contributed by atoms with Crippen LogP contribution in [-0.2, 0) is 33.0 Å². The van der Waals surface area contributed by atoms with Crippen LogP contribution in [0.25, 0.3) is 12.2 Å². The summed E-state index contributed by atoms with van der Waals surface area (Å²) in [5.74, 6) is -0.904. The number of amides is 2. The molecule has 0 fully saturated rings. The second kappa shape index (κ2) is 14.8. The van der Waals surface area contributed by atoms with Crippen LogP contribution in [0.2, 0.25) is 0 Å². The first kappa shape index (κ1) is 36.5. The molecule has 1 aliphatic heterocycles. The van der Waals surface area contributed by atoms with E-state index in [-0.39, 0.29) is 6.54 Å². The number of aromatic nitrogens is 2. The van der Waals surface area contributed by atoms with Crippen LogP contribution in [-0.4, -0.2) is 71.3 Å². The van der Waals surface area contributed by atoms with E-state index in [1.54, 1.807) is 69.4 Å². The number of methoxy groups -OCH3 is 1. The number of anilines is 2. The predicted octanol–water partition coefficient (Wildman–Crippen LogP) is 6.35. The Kier molecular flexibility index (Phi) is 12.0. The Morgan fingerprint density at radius 3 is 2.04 bits per heavy atom. The highest BCUT2D eigenvalue weighted by molar-refractivity contribution is 6.01. The Labute approximate surface area is 265 Å². The number of carbonyl (C=O) groups is 4. The van der Waals surface area contributed by atoms with Gasteiger partial charge < -0.3 is 28.1 Å². The van der Waals surface area contributed by atoms with E-state index in [9.17, 15) is 19.2 Å². The molecular weight excluding hydrogens is 580 g/mol. The minimum Gasteiger partial charge on any atom is -0.464 e. The molecule has 3 heterocycles. The molecule has 0 radical (unpaired) electrons. The summed E-state index contributed by atoms with van der Waals surface area (Å²) in [5.41, 5.74) is 1.89. The monoisotopic (exact) mass is 626 g/mol. The van der Waals surface area contributed by atoms with E-state index in [0.717, 1.165) is 0 Å². The SMILES string of the molecule is C=CCN(C(=O)OC(C)(C)C)c1cn(C)c(C(=O)OC)c1C=C.CCOC(=O)c1c2c(cn1C)N(C(=O)OC(C)(C)C)CC=C2. The molecule has 0 saturated heterocycles. The molecule has 0 saturated carbocycles. The summed E-state index contributed by atoms with van der Waals surface area (Å²) >= 11 is 0. The first-order valence-corrected chi connectivity index (χ1v) is 14.5. The van der Waals surface area contributed by atoms with Crippen molar-refractivity contribution in [3.63, 3.8) is 0 Å². The number of hydrogen-bond donors (Lipinski definition) is 0. The molecule has 2 amide bonds. The standard InChI is InChI=1S/C17H24N2O4.C16H22N2O4/c1-8-10-19(16(21)23-17(3,4)5)13-11-18(6)14(12(13)9-2)15(20)22-7;1-6-21-14(19)13-11-8-7-9-18(12(11)10-17(13)5)15(20)22-16(2,3)4/h8-9,11H,1-2,10H2,3-7H3;7-8,10H,6,9H2,1-5H3. The van der Waals surface area contributed by atoms with Gasteiger partial charge in [-0.15, -0.1) is 6.58 Å². The molecule has 2 aromatic heterocycles. The van der Waals surface area contributed by atoms with Crippen LogP contribution in [0.3, 0.4) is 0 Å². The molecule has 0 aliphatic carbocycles. The first-order valence-electron chi connectivity index (χ1n) is 14.5. The quantitative estimate of drug-likeness (QED) is 0.198. The number of carbonyl (C=O) groups excluding carboxylic acids is 4. The highest BCUT2D eigenvalue weighted by Gasteiger charge is 2.31. The number of fused-ring (bicyclic) bond motifs is 1. The molecule has 0 atom stereocenters. The Morgan fingerprint density at radius 2 is 1.53 bits per heavy atom. The summed E-state index contributed by atoms with van der Waals surface area (Å²) in [6, 6.07) is 0. The van der Waals surface area contributed by atoms with Gasteiger partial charge >= 0.3 is 24.1 Å². The molecule has 0 bridgehead atoms. The lowest BCUT2D eigenvalue weighted by molar-refractivity contribution is 0.0511. The molecule has 0 aromatic carbocycles. The average molecular weight is 627 g/mol. The van der Waals surface area contributed by atoms with Crippen molar-refractivity contribution >= 4 is 47.7 Å². The van der Waals surface area contributed by atoms with Crippen LogP contribution in [0.5, 0.6) is 0 Å². The van der Waals surface area contributed by atoms with Gasteiger partial charge in [-0.25, -0.2) is 19.2 Å². The van der Waals surface area contributed by atoms with Gasteiger partial charge in [-0.1, -0.05) is 30.9 Å². The van der Waals surface area contributed by atoms with Crippen LogP contribution in [0.1, 0.15) is 80.6 Å². The van der Waals surface area contributed by atoms with Crippen molar-refractivity contribution in [2.75, 3.05) is 36.6 Å². The molecule has 45 heavy (non-hydrogen) atoms. The Morgan fingerprint density at radius 1 is 0.933 bits per heavy atom. The fraction of sp³-hybridized carbons (Fsp3) is 0.455. The van der Waals surface area contributed by atoms with E-state index in [2.05, 4.69) is 13.2 Å². The van der Waals surface area contributed by atoms with Crippen LogP contribution in [0.15, 0.2) is 37.7 Å².